The predicted octanol–water partition coefficient (Wildman–Crippen LogP) is 0.260. The third-order valence-electron chi connectivity index (χ3n) is 4.45. The van der Waals surface area contributed by atoms with E-state index >= 15 is 0 Å². The summed E-state index contributed by atoms with van der Waals surface area (Å²) in [5, 5.41) is 11.3. The standard InChI is InChI=1S/C17H21N5O6/c1-9-10(8-21(4)14(24)6-5-13(23)20(2)3)15-11(7-12(9)22(27)28)18-16(25)17(26)19-15/h7H,5-6,8H2,1-4H3,(H,18,25)(H,19,26). The maximum atomic E-state index is 12.4. The van der Waals surface area contributed by atoms with Crippen molar-refractivity contribution in [2.75, 3.05) is 21.1 Å². The quantitative estimate of drug-likeness (QED) is 0.410. The van der Waals surface area contributed by atoms with Crippen molar-refractivity contribution in [2.24, 2.45) is 0 Å². The van der Waals surface area contributed by atoms with Gasteiger partial charge in [-0.05, 0) is 6.92 Å². The summed E-state index contributed by atoms with van der Waals surface area (Å²) in [6, 6.07) is 1.17. The number of aromatic nitrogens is 2. The number of amides is 2. The van der Waals surface area contributed by atoms with Crippen LogP contribution >= 0.6 is 0 Å². The zero-order valence-corrected chi connectivity index (χ0v) is 16.0. The van der Waals surface area contributed by atoms with Crippen molar-refractivity contribution in [1.82, 2.24) is 19.8 Å². The molecule has 1 aromatic carbocycles. The second-order valence-electron chi connectivity index (χ2n) is 6.63. The summed E-state index contributed by atoms with van der Waals surface area (Å²) in [7, 11) is 4.68. The number of carbonyl (C=O) groups excluding carboxylic acids is 2. The third kappa shape index (κ3) is 4.24. The van der Waals surface area contributed by atoms with Crippen LogP contribution in [0.3, 0.4) is 0 Å². The zero-order chi connectivity index (χ0) is 21.2. The second-order valence-corrected chi connectivity index (χ2v) is 6.63. The highest BCUT2D eigenvalue weighted by atomic mass is 16.6. The third-order valence-corrected chi connectivity index (χ3v) is 4.45. The molecular formula is C17H21N5O6. The normalized spacial score (nSPS) is 10.7. The molecule has 1 aromatic heterocycles. The van der Waals surface area contributed by atoms with Crippen LogP contribution in [0.1, 0.15) is 24.0 Å². The molecule has 11 nitrogen and oxygen atoms in total. The minimum absolute atomic E-state index is 0.0211. The maximum absolute atomic E-state index is 12.4. The Labute approximate surface area is 159 Å². The first-order chi connectivity index (χ1) is 13.0. The van der Waals surface area contributed by atoms with Gasteiger partial charge in [0.1, 0.15) is 0 Å². The fraction of sp³-hybridized carbons (Fsp3) is 0.412. The van der Waals surface area contributed by atoms with Crippen molar-refractivity contribution < 1.29 is 14.5 Å². The minimum atomic E-state index is -0.928. The Morgan fingerprint density at radius 3 is 2.21 bits per heavy atom. The van der Waals surface area contributed by atoms with Gasteiger partial charge in [-0.3, -0.25) is 29.3 Å². The summed E-state index contributed by atoms with van der Waals surface area (Å²) in [5.74, 6) is -0.526. The number of nitrogens with zero attached hydrogens (tertiary/aromatic N) is 3. The molecule has 0 aliphatic heterocycles. The van der Waals surface area contributed by atoms with Gasteiger partial charge in [0.05, 0.1) is 16.0 Å². The van der Waals surface area contributed by atoms with Gasteiger partial charge in [-0.2, -0.15) is 0 Å². The molecule has 0 spiro atoms. The summed E-state index contributed by atoms with van der Waals surface area (Å²) in [6.45, 7) is 1.46. The van der Waals surface area contributed by atoms with Crippen LogP contribution < -0.4 is 11.1 Å². The van der Waals surface area contributed by atoms with Crippen molar-refractivity contribution in [3.05, 3.63) is 48.0 Å². The van der Waals surface area contributed by atoms with Gasteiger partial charge < -0.3 is 19.8 Å². The van der Waals surface area contributed by atoms with E-state index in [1.807, 2.05) is 0 Å². The fourth-order valence-electron chi connectivity index (χ4n) is 2.75. The Hall–Kier alpha value is -3.50. The van der Waals surface area contributed by atoms with Crippen molar-refractivity contribution in [3.8, 4) is 0 Å². The monoisotopic (exact) mass is 391 g/mol. The van der Waals surface area contributed by atoms with E-state index in [0.29, 0.717) is 5.56 Å². The molecule has 1 heterocycles. The van der Waals surface area contributed by atoms with E-state index < -0.39 is 16.0 Å². The molecule has 0 aliphatic rings. The Bertz CT molecular complexity index is 1070. The zero-order valence-electron chi connectivity index (χ0n) is 16.0. The van der Waals surface area contributed by atoms with E-state index in [9.17, 15) is 29.3 Å². The molecule has 2 rings (SSSR count). The van der Waals surface area contributed by atoms with Crippen molar-refractivity contribution in [3.63, 3.8) is 0 Å². The number of nitro benzene ring substituents is 1. The summed E-state index contributed by atoms with van der Waals surface area (Å²) in [6.07, 6.45) is 0.0156. The number of hydrogen-bond donors (Lipinski definition) is 2. The largest absolute Gasteiger partial charge is 0.349 e. The maximum Gasteiger partial charge on any atom is 0.314 e. The van der Waals surface area contributed by atoms with Crippen molar-refractivity contribution >= 4 is 28.5 Å². The van der Waals surface area contributed by atoms with Gasteiger partial charge >= 0.3 is 11.1 Å². The van der Waals surface area contributed by atoms with Gasteiger partial charge in [-0.1, -0.05) is 0 Å². The van der Waals surface area contributed by atoms with E-state index in [2.05, 4.69) is 9.97 Å². The van der Waals surface area contributed by atoms with Crippen LogP contribution in [0.25, 0.3) is 11.0 Å². The van der Waals surface area contributed by atoms with E-state index in [1.165, 1.54) is 29.8 Å². The smallest absolute Gasteiger partial charge is 0.314 e. The number of carbonyl (C=O) groups is 2. The fourth-order valence-corrected chi connectivity index (χ4v) is 2.75. The Kier molecular flexibility index (Phi) is 5.96. The molecule has 0 unspecified atom stereocenters. The summed E-state index contributed by atoms with van der Waals surface area (Å²) >= 11 is 0. The Morgan fingerprint density at radius 2 is 1.64 bits per heavy atom. The predicted molar refractivity (Wildman–Crippen MR) is 101 cm³/mol. The first kappa shape index (κ1) is 20.8. The molecule has 2 amide bonds. The van der Waals surface area contributed by atoms with E-state index in [1.54, 1.807) is 14.1 Å². The molecule has 2 N–H and O–H groups in total. The molecule has 28 heavy (non-hydrogen) atoms. The van der Waals surface area contributed by atoms with Crippen LogP contribution in [0.5, 0.6) is 0 Å². The molecular weight excluding hydrogens is 370 g/mol. The van der Waals surface area contributed by atoms with Gasteiger partial charge in [-0.15, -0.1) is 0 Å². The highest BCUT2D eigenvalue weighted by Gasteiger charge is 2.22. The number of fused-ring (bicyclic) bond motifs is 1. The van der Waals surface area contributed by atoms with Gasteiger partial charge in [0.25, 0.3) is 5.69 Å². The average molecular weight is 391 g/mol. The number of rotatable bonds is 6. The lowest BCUT2D eigenvalue weighted by Crippen LogP contribution is -2.31. The molecule has 0 bridgehead atoms. The summed E-state index contributed by atoms with van der Waals surface area (Å²) in [5.41, 5.74) is -1.14. The molecule has 150 valence electrons. The van der Waals surface area contributed by atoms with Crippen LogP contribution in [0.15, 0.2) is 15.7 Å². The number of aromatic amines is 2. The van der Waals surface area contributed by atoms with E-state index in [-0.39, 0.29) is 53.5 Å². The molecule has 2 aromatic rings. The highest BCUT2D eigenvalue weighted by molar-refractivity contribution is 5.85. The first-order valence-corrected chi connectivity index (χ1v) is 8.40. The Morgan fingerprint density at radius 1 is 1.07 bits per heavy atom. The summed E-state index contributed by atoms with van der Waals surface area (Å²) < 4.78 is 0. The first-order valence-electron chi connectivity index (χ1n) is 8.40. The lowest BCUT2D eigenvalue weighted by molar-refractivity contribution is -0.385. The number of hydrogen-bond acceptors (Lipinski definition) is 6. The van der Waals surface area contributed by atoms with Crippen LogP contribution in [0.2, 0.25) is 0 Å². The minimum Gasteiger partial charge on any atom is -0.349 e. The average Bonchev–Trinajstić information content (AvgIpc) is 2.62. The number of nitro groups is 1. The summed E-state index contributed by atoms with van der Waals surface area (Å²) in [4.78, 5) is 65.5. The second kappa shape index (κ2) is 8.03. The Balaban J connectivity index is 2.43. The van der Waals surface area contributed by atoms with Crippen LogP contribution in [-0.4, -0.2) is 57.6 Å². The number of benzene rings is 1. The molecule has 11 heteroatoms. The molecule has 0 aliphatic carbocycles. The SMILES string of the molecule is Cc1c([N+](=O)[O-])cc2[nH]c(=O)c(=O)[nH]c2c1CN(C)C(=O)CCC(=O)N(C)C. The van der Waals surface area contributed by atoms with Crippen LogP contribution in [0.4, 0.5) is 5.69 Å². The van der Waals surface area contributed by atoms with Crippen molar-refractivity contribution in [2.45, 2.75) is 26.3 Å². The molecule has 0 saturated heterocycles. The van der Waals surface area contributed by atoms with Gasteiger partial charge in [0, 0.05) is 57.7 Å². The van der Waals surface area contributed by atoms with E-state index in [4.69, 9.17) is 0 Å². The van der Waals surface area contributed by atoms with Gasteiger partial charge in [0.15, 0.2) is 0 Å². The number of nitrogens with one attached hydrogen (secondary N) is 2. The molecule has 0 fully saturated rings. The van der Waals surface area contributed by atoms with Gasteiger partial charge in [0.2, 0.25) is 11.8 Å². The number of H-pyrrole nitrogens is 2. The lowest BCUT2D eigenvalue weighted by Gasteiger charge is -2.20. The van der Waals surface area contributed by atoms with Crippen LogP contribution in [-0.2, 0) is 16.1 Å². The van der Waals surface area contributed by atoms with E-state index in [0.717, 1.165) is 0 Å². The topological polar surface area (TPSA) is 149 Å². The van der Waals surface area contributed by atoms with Crippen molar-refractivity contribution in [1.29, 1.82) is 0 Å². The van der Waals surface area contributed by atoms with Gasteiger partial charge in [-0.25, -0.2) is 0 Å². The molecule has 0 saturated carbocycles. The molecule has 0 atom stereocenters. The highest BCUT2D eigenvalue weighted by Crippen LogP contribution is 2.28. The lowest BCUT2D eigenvalue weighted by atomic mass is 10.0. The molecule has 0 radical (unpaired) electrons. The van der Waals surface area contributed by atoms with Crippen LogP contribution in [0, 0.1) is 17.0 Å².